The molecule has 1 aliphatic carbocycles. The van der Waals surface area contributed by atoms with E-state index < -0.39 is 0 Å². The largest absolute Gasteiger partial charge is 0.496 e. The number of aryl methyl sites for hydroxylation is 1. The summed E-state index contributed by atoms with van der Waals surface area (Å²) in [5.74, 6) is 1.12. The summed E-state index contributed by atoms with van der Waals surface area (Å²) in [6.45, 7) is 2.63. The van der Waals surface area contributed by atoms with E-state index in [1.165, 1.54) is 0 Å². The number of amides is 1. The molecule has 2 unspecified atom stereocenters. The van der Waals surface area contributed by atoms with Gasteiger partial charge >= 0.3 is 0 Å². The fourth-order valence-corrected chi connectivity index (χ4v) is 3.14. The Hall–Kier alpha value is -1.55. The maximum atomic E-state index is 12.4. The van der Waals surface area contributed by atoms with Crippen molar-refractivity contribution in [1.29, 1.82) is 0 Å². The summed E-state index contributed by atoms with van der Waals surface area (Å²) in [5, 5.41) is 10.0. The standard InChI is InChI=1S/C18H27NO3/c1-13-8-9-14(10-17(13)22-3)11-18(21)19(2)12-15-6-4-5-7-16(15)20/h8-10,15-16,20H,4-7,11-12H2,1-3H3. The van der Waals surface area contributed by atoms with Crippen molar-refractivity contribution < 1.29 is 14.6 Å². The summed E-state index contributed by atoms with van der Waals surface area (Å²) in [7, 11) is 3.47. The zero-order valence-corrected chi connectivity index (χ0v) is 13.8. The molecule has 0 saturated heterocycles. The molecule has 4 nitrogen and oxygen atoms in total. The summed E-state index contributed by atoms with van der Waals surface area (Å²) in [4.78, 5) is 14.1. The molecule has 0 aromatic heterocycles. The first-order chi connectivity index (χ1) is 10.5. The number of aliphatic hydroxyl groups is 1. The van der Waals surface area contributed by atoms with Gasteiger partial charge in [0.25, 0.3) is 0 Å². The van der Waals surface area contributed by atoms with Gasteiger partial charge in [-0.25, -0.2) is 0 Å². The maximum absolute atomic E-state index is 12.4. The van der Waals surface area contributed by atoms with E-state index in [1.54, 1.807) is 12.0 Å². The van der Waals surface area contributed by atoms with E-state index in [2.05, 4.69) is 0 Å². The molecule has 0 aliphatic heterocycles. The number of benzene rings is 1. The average Bonchev–Trinajstić information content (AvgIpc) is 2.51. The predicted molar refractivity (Wildman–Crippen MR) is 87.0 cm³/mol. The van der Waals surface area contributed by atoms with Gasteiger partial charge in [-0.3, -0.25) is 4.79 Å². The second-order valence-corrected chi connectivity index (χ2v) is 6.37. The molecule has 22 heavy (non-hydrogen) atoms. The zero-order chi connectivity index (χ0) is 16.1. The Morgan fingerprint density at radius 3 is 2.77 bits per heavy atom. The number of hydrogen-bond acceptors (Lipinski definition) is 3. The van der Waals surface area contributed by atoms with Gasteiger partial charge in [-0.2, -0.15) is 0 Å². The van der Waals surface area contributed by atoms with Crippen LogP contribution in [0.4, 0.5) is 0 Å². The number of nitrogens with zero attached hydrogens (tertiary/aromatic N) is 1. The molecule has 1 aromatic rings. The van der Waals surface area contributed by atoms with Crippen LogP contribution in [0.3, 0.4) is 0 Å². The zero-order valence-electron chi connectivity index (χ0n) is 13.8. The van der Waals surface area contributed by atoms with Crippen molar-refractivity contribution in [3.8, 4) is 5.75 Å². The van der Waals surface area contributed by atoms with Crippen LogP contribution in [0.2, 0.25) is 0 Å². The minimum Gasteiger partial charge on any atom is -0.496 e. The molecular formula is C18H27NO3. The van der Waals surface area contributed by atoms with E-state index in [1.807, 2.05) is 32.2 Å². The van der Waals surface area contributed by atoms with Crippen LogP contribution in [-0.4, -0.2) is 42.7 Å². The lowest BCUT2D eigenvalue weighted by Crippen LogP contribution is -2.38. The molecular weight excluding hydrogens is 278 g/mol. The third kappa shape index (κ3) is 4.23. The predicted octanol–water partition coefficient (Wildman–Crippen LogP) is 2.56. The Kier molecular flexibility index (Phi) is 5.83. The lowest BCUT2D eigenvalue weighted by Gasteiger charge is -2.31. The molecule has 0 heterocycles. The molecule has 2 atom stereocenters. The second-order valence-electron chi connectivity index (χ2n) is 6.37. The Bertz CT molecular complexity index is 515. The summed E-state index contributed by atoms with van der Waals surface area (Å²) >= 11 is 0. The van der Waals surface area contributed by atoms with Gasteiger partial charge in [0.15, 0.2) is 0 Å². The topological polar surface area (TPSA) is 49.8 Å². The molecule has 1 saturated carbocycles. The normalized spacial score (nSPS) is 21.5. The SMILES string of the molecule is COc1cc(CC(=O)N(C)CC2CCCCC2O)ccc1C. The van der Waals surface area contributed by atoms with Crippen molar-refractivity contribution in [3.63, 3.8) is 0 Å². The number of likely N-dealkylation sites (N-methyl/N-ethyl adjacent to an activating group) is 1. The van der Waals surface area contributed by atoms with Gasteiger partial charge in [0.05, 0.1) is 19.6 Å². The van der Waals surface area contributed by atoms with Crippen molar-refractivity contribution in [2.45, 2.75) is 45.1 Å². The summed E-state index contributed by atoms with van der Waals surface area (Å²) in [6.07, 6.45) is 4.23. The molecule has 122 valence electrons. The van der Waals surface area contributed by atoms with E-state index in [9.17, 15) is 9.90 Å². The second kappa shape index (κ2) is 7.63. The lowest BCUT2D eigenvalue weighted by molar-refractivity contribution is -0.130. The monoisotopic (exact) mass is 305 g/mol. The number of hydrogen-bond donors (Lipinski definition) is 1. The van der Waals surface area contributed by atoms with E-state index in [-0.39, 0.29) is 17.9 Å². The fourth-order valence-electron chi connectivity index (χ4n) is 3.14. The Balaban J connectivity index is 1.93. The first kappa shape index (κ1) is 16.8. The Labute approximate surface area is 133 Å². The van der Waals surface area contributed by atoms with Crippen LogP contribution < -0.4 is 4.74 Å². The first-order valence-electron chi connectivity index (χ1n) is 8.06. The molecule has 1 aliphatic rings. The van der Waals surface area contributed by atoms with Gasteiger partial charge in [0.1, 0.15) is 5.75 Å². The Morgan fingerprint density at radius 1 is 1.36 bits per heavy atom. The van der Waals surface area contributed by atoms with Crippen molar-refractivity contribution in [3.05, 3.63) is 29.3 Å². The van der Waals surface area contributed by atoms with Crippen LogP contribution in [-0.2, 0) is 11.2 Å². The average molecular weight is 305 g/mol. The first-order valence-corrected chi connectivity index (χ1v) is 8.06. The van der Waals surface area contributed by atoms with Gasteiger partial charge in [-0.05, 0) is 37.0 Å². The molecule has 0 bridgehead atoms. The van der Waals surface area contributed by atoms with Crippen LogP contribution in [0.1, 0.15) is 36.8 Å². The molecule has 0 spiro atoms. The third-order valence-corrected chi connectivity index (χ3v) is 4.63. The minimum atomic E-state index is -0.261. The van der Waals surface area contributed by atoms with Gasteiger partial charge in [0, 0.05) is 19.5 Å². The van der Waals surface area contributed by atoms with Crippen LogP contribution in [0, 0.1) is 12.8 Å². The summed E-state index contributed by atoms with van der Waals surface area (Å²) < 4.78 is 5.31. The highest BCUT2D eigenvalue weighted by Gasteiger charge is 2.25. The molecule has 1 aromatic carbocycles. The molecule has 4 heteroatoms. The molecule has 2 rings (SSSR count). The fraction of sp³-hybridized carbons (Fsp3) is 0.611. The number of methoxy groups -OCH3 is 1. The Morgan fingerprint density at radius 2 is 2.09 bits per heavy atom. The smallest absolute Gasteiger partial charge is 0.226 e. The molecule has 1 N–H and O–H groups in total. The lowest BCUT2D eigenvalue weighted by atomic mass is 9.86. The highest BCUT2D eigenvalue weighted by Crippen LogP contribution is 2.25. The van der Waals surface area contributed by atoms with Crippen LogP contribution >= 0.6 is 0 Å². The van der Waals surface area contributed by atoms with Crippen molar-refractivity contribution in [2.24, 2.45) is 5.92 Å². The molecule has 1 amide bonds. The van der Waals surface area contributed by atoms with Crippen LogP contribution in [0.15, 0.2) is 18.2 Å². The number of carbonyl (C=O) groups is 1. The van der Waals surface area contributed by atoms with E-state index in [0.29, 0.717) is 13.0 Å². The third-order valence-electron chi connectivity index (χ3n) is 4.63. The van der Waals surface area contributed by atoms with Gasteiger partial charge in [-0.1, -0.05) is 25.0 Å². The summed E-state index contributed by atoms with van der Waals surface area (Å²) in [6, 6.07) is 5.88. The molecule has 1 fully saturated rings. The highest BCUT2D eigenvalue weighted by atomic mass is 16.5. The van der Waals surface area contributed by atoms with Gasteiger partial charge in [0.2, 0.25) is 5.91 Å². The highest BCUT2D eigenvalue weighted by molar-refractivity contribution is 5.78. The van der Waals surface area contributed by atoms with E-state index >= 15 is 0 Å². The summed E-state index contributed by atoms with van der Waals surface area (Å²) in [5.41, 5.74) is 2.03. The van der Waals surface area contributed by atoms with Gasteiger partial charge < -0.3 is 14.7 Å². The number of carbonyl (C=O) groups excluding carboxylic acids is 1. The van der Waals surface area contributed by atoms with Crippen molar-refractivity contribution in [1.82, 2.24) is 4.90 Å². The van der Waals surface area contributed by atoms with E-state index in [0.717, 1.165) is 42.6 Å². The van der Waals surface area contributed by atoms with Crippen molar-refractivity contribution >= 4 is 5.91 Å². The number of aliphatic hydroxyl groups excluding tert-OH is 1. The van der Waals surface area contributed by atoms with Crippen LogP contribution in [0.25, 0.3) is 0 Å². The van der Waals surface area contributed by atoms with E-state index in [4.69, 9.17) is 4.74 Å². The minimum absolute atomic E-state index is 0.0867. The molecule has 0 radical (unpaired) electrons. The number of ether oxygens (including phenoxy) is 1. The van der Waals surface area contributed by atoms with Crippen molar-refractivity contribution in [2.75, 3.05) is 20.7 Å². The number of rotatable bonds is 5. The maximum Gasteiger partial charge on any atom is 0.226 e. The quantitative estimate of drug-likeness (QED) is 0.909. The van der Waals surface area contributed by atoms with Gasteiger partial charge in [-0.15, -0.1) is 0 Å². The van der Waals surface area contributed by atoms with Crippen LogP contribution in [0.5, 0.6) is 5.75 Å².